The van der Waals surface area contributed by atoms with E-state index < -0.39 is 0 Å². The molecule has 0 radical (unpaired) electrons. The van der Waals surface area contributed by atoms with Crippen molar-refractivity contribution in [2.75, 3.05) is 65.0 Å². The molecule has 4 rings (SSSR count). The van der Waals surface area contributed by atoms with E-state index >= 15 is 0 Å². The van der Waals surface area contributed by atoms with Crippen LogP contribution in [0.5, 0.6) is 5.75 Å². The van der Waals surface area contributed by atoms with Crippen LogP contribution >= 0.6 is 45.2 Å². The van der Waals surface area contributed by atoms with Gasteiger partial charge in [0.2, 0.25) is 0 Å². The molecule has 9 heteroatoms. The van der Waals surface area contributed by atoms with E-state index in [-0.39, 0.29) is 12.1 Å². The SMILES string of the molecule is CC(CI)OCCN1CCN(c2ccc(N3CCN(c4ccc(O)cc4)CC3I)cc2)C1=O. The number of halogens is 2. The minimum Gasteiger partial charge on any atom is -0.508 e. The molecule has 2 aliphatic heterocycles. The second kappa shape index (κ2) is 11.3. The summed E-state index contributed by atoms with van der Waals surface area (Å²) in [6.45, 7) is 7.46. The van der Waals surface area contributed by atoms with Gasteiger partial charge in [0.05, 0.1) is 16.8 Å². The number of piperazine rings is 1. The number of phenols is 1. The van der Waals surface area contributed by atoms with Crippen molar-refractivity contribution >= 4 is 68.3 Å². The third-order valence-electron chi connectivity index (χ3n) is 6.10. The highest BCUT2D eigenvalue weighted by molar-refractivity contribution is 14.1. The van der Waals surface area contributed by atoms with Crippen molar-refractivity contribution < 1.29 is 14.6 Å². The number of hydrogen-bond donors (Lipinski definition) is 1. The number of benzene rings is 2. The van der Waals surface area contributed by atoms with Gasteiger partial charge in [0.1, 0.15) is 5.75 Å². The van der Waals surface area contributed by atoms with Crippen LogP contribution in [0.1, 0.15) is 6.92 Å². The maximum Gasteiger partial charge on any atom is 0.324 e. The van der Waals surface area contributed by atoms with Gasteiger partial charge in [0.25, 0.3) is 0 Å². The van der Waals surface area contributed by atoms with Crippen LogP contribution in [0.2, 0.25) is 0 Å². The van der Waals surface area contributed by atoms with E-state index in [2.05, 4.69) is 86.2 Å². The number of hydrogen-bond acceptors (Lipinski definition) is 5. The van der Waals surface area contributed by atoms with Crippen molar-refractivity contribution in [3.63, 3.8) is 0 Å². The molecule has 2 saturated heterocycles. The molecule has 7 nitrogen and oxygen atoms in total. The molecule has 178 valence electrons. The summed E-state index contributed by atoms with van der Waals surface area (Å²) in [6.07, 6.45) is 0.219. The Morgan fingerprint density at radius 1 is 1.00 bits per heavy atom. The highest BCUT2D eigenvalue weighted by atomic mass is 127. The summed E-state index contributed by atoms with van der Waals surface area (Å²) in [7, 11) is 0. The second-order valence-corrected chi connectivity index (χ2v) is 10.7. The number of anilines is 3. The van der Waals surface area contributed by atoms with E-state index in [1.54, 1.807) is 12.1 Å². The van der Waals surface area contributed by atoms with E-state index in [9.17, 15) is 9.90 Å². The van der Waals surface area contributed by atoms with Crippen molar-refractivity contribution in [2.24, 2.45) is 0 Å². The third-order valence-corrected chi connectivity index (χ3v) is 8.41. The van der Waals surface area contributed by atoms with Gasteiger partial charge < -0.3 is 24.5 Å². The molecule has 0 aliphatic carbocycles. The molecular formula is C24H30I2N4O3. The van der Waals surface area contributed by atoms with Crippen LogP contribution < -0.4 is 14.7 Å². The zero-order chi connectivity index (χ0) is 23.4. The fourth-order valence-corrected chi connectivity index (χ4v) is 5.52. The molecule has 0 saturated carbocycles. The van der Waals surface area contributed by atoms with Gasteiger partial charge in [0, 0.05) is 60.8 Å². The number of rotatable bonds is 8. The van der Waals surface area contributed by atoms with Gasteiger partial charge in [-0.25, -0.2) is 4.79 Å². The molecule has 2 amide bonds. The summed E-state index contributed by atoms with van der Waals surface area (Å²) in [4.78, 5) is 21.3. The van der Waals surface area contributed by atoms with Crippen LogP contribution in [-0.4, -0.2) is 76.5 Å². The minimum absolute atomic E-state index is 0.0581. The summed E-state index contributed by atoms with van der Waals surface area (Å²) in [5.74, 6) is 0.294. The first kappa shape index (κ1) is 24.6. The molecule has 0 aromatic heterocycles. The van der Waals surface area contributed by atoms with Crippen LogP contribution in [0.3, 0.4) is 0 Å². The monoisotopic (exact) mass is 676 g/mol. The van der Waals surface area contributed by atoms with E-state index in [4.69, 9.17) is 4.74 Å². The van der Waals surface area contributed by atoms with Gasteiger partial charge in [-0.2, -0.15) is 0 Å². The van der Waals surface area contributed by atoms with Crippen LogP contribution in [0.4, 0.5) is 21.9 Å². The molecular weight excluding hydrogens is 646 g/mol. The van der Waals surface area contributed by atoms with Crippen LogP contribution in [0.15, 0.2) is 48.5 Å². The van der Waals surface area contributed by atoms with E-state index in [1.165, 1.54) is 5.69 Å². The van der Waals surface area contributed by atoms with Crippen molar-refractivity contribution in [1.29, 1.82) is 0 Å². The zero-order valence-corrected chi connectivity index (χ0v) is 23.1. The smallest absolute Gasteiger partial charge is 0.324 e. The Labute approximate surface area is 222 Å². The Balaban J connectivity index is 1.33. The normalized spacial score (nSPS) is 20.0. The summed E-state index contributed by atoms with van der Waals surface area (Å²) in [6, 6.07) is 15.8. The van der Waals surface area contributed by atoms with Gasteiger partial charge in [-0.05, 0) is 55.5 Å². The molecule has 2 aliphatic rings. The summed E-state index contributed by atoms with van der Waals surface area (Å²) in [5.41, 5.74) is 3.25. The molecule has 2 aromatic rings. The topological polar surface area (TPSA) is 59.5 Å². The Hall–Kier alpha value is -1.47. The van der Waals surface area contributed by atoms with Crippen molar-refractivity contribution in [2.45, 2.75) is 17.1 Å². The number of aromatic hydroxyl groups is 1. The molecule has 2 unspecified atom stereocenters. The Morgan fingerprint density at radius 3 is 2.33 bits per heavy atom. The molecule has 1 N–H and O–H groups in total. The van der Waals surface area contributed by atoms with Gasteiger partial charge in [-0.3, -0.25) is 4.90 Å². The number of carbonyl (C=O) groups is 1. The lowest BCUT2D eigenvalue weighted by atomic mass is 10.2. The summed E-state index contributed by atoms with van der Waals surface area (Å²) >= 11 is 4.81. The Bertz CT molecular complexity index is 928. The minimum atomic E-state index is 0.0581. The van der Waals surface area contributed by atoms with Crippen LogP contribution in [0, 0.1) is 0 Å². The van der Waals surface area contributed by atoms with Gasteiger partial charge in [0.15, 0.2) is 0 Å². The summed E-state index contributed by atoms with van der Waals surface area (Å²) in [5, 5.41) is 9.54. The predicted octanol–water partition coefficient (Wildman–Crippen LogP) is 4.56. The highest BCUT2D eigenvalue weighted by Crippen LogP contribution is 2.30. The molecule has 0 bridgehead atoms. The number of amides is 2. The number of ether oxygens (including phenoxy) is 1. The number of alkyl halides is 2. The number of nitrogens with zero attached hydrogens (tertiary/aromatic N) is 4. The molecule has 0 spiro atoms. The lowest BCUT2D eigenvalue weighted by molar-refractivity contribution is 0.0723. The number of carbonyl (C=O) groups excluding carboxylic acids is 1. The molecule has 2 aromatic carbocycles. The average Bonchev–Trinajstić information content (AvgIpc) is 3.19. The molecule has 2 atom stereocenters. The van der Waals surface area contributed by atoms with Crippen LogP contribution in [-0.2, 0) is 4.74 Å². The van der Waals surface area contributed by atoms with Crippen molar-refractivity contribution in [1.82, 2.24) is 4.90 Å². The fourth-order valence-electron chi connectivity index (χ4n) is 4.19. The van der Waals surface area contributed by atoms with Gasteiger partial charge in [-0.1, -0.05) is 45.2 Å². The van der Waals surface area contributed by atoms with E-state index in [0.717, 1.165) is 42.0 Å². The zero-order valence-electron chi connectivity index (χ0n) is 18.7. The number of urea groups is 1. The maximum atomic E-state index is 12.8. The lowest BCUT2D eigenvalue weighted by Crippen LogP contribution is -2.50. The second-order valence-electron chi connectivity index (χ2n) is 8.36. The first-order valence-corrected chi connectivity index (χ1v) is 14.0. The standard InChI is InChI=1S/C24H30I2N4O3/c1-18(16-25)33-15-14-27-10-13-30(24(27)32)21-4-2-20(3-5-21)29-12-11-28(17-23(29)26)19-6-8-22(31)9-7-19/h2-9,18,23,31H,10-17H2,1H3. The van der Waals surface area contributed by atoms with Crippen molar-refractivity contribution in [3.8, 4) is 5.75 Å². The van der Waals surface area contributed by atoms with Gasteiger partial charge in [-0.15, -0.1) is 0 Å². The molecule has 2 heterocycles. The fraction of sp³-hybridized carbons (Fsp3) is 0.458. The maximum absolute atomic E-state index is 12.8. The Kier molecular flexibility index (Phi) is 8.44. The highest BCUT2D eigenvalue weighted by Gasteiger charge is 2.30. The predicted molar refractivity (Wildman–Crippen MR) is 151 cm³/mol. The quantitative estimate of drug-likeness (QED) is 0.253. The first-order valence-electron chi connectivity index (χ1n) is 11.2. The van der Waals surface area contributed by atoms with E-state index in [0.29, 0.717) is 29.5 Å². The first-order chi connectivity index (χ1) is 16.0. The largest absolute Gasteiger partial charge is 0.508 e. The number of phenolic OH excluding ortho intramolecular Hbond substituents is 1. The molecule has 33 heavy (non-hydrogen) atoms. The van der Waals surface area contributed by atoms with Crippen molar-refractivity contribution in [3.05, 3.63) is 48.5 Å². The summed E-state index contributed by atoms with van der Waals surface area (Å²) < 4.78 is 7.01. The van der Waals surface area contributed by atoms with E-state index in [1.807, 2.05) is 21.9 Å². The Morgan fingerprint density at radius 2 is 1.67 bits per heavy atom. The third kappa shape index (κ3) is 5.97. The average molecular weight is 676 g/mol. The van der Waals surface area contributed by atoms with Gasteiger partial charge >= 0.3 is 6.03 Å². The lowest BCUT2D eigenvalue weighted by Gasteiger charge is -2.41. The van der Waals surface area contributed by atoms with Crippen LogP contribution in [0.25, 0.3) is 0 Å². The molecule has 2 fully saturated rings.